The molecule has 8 heteroatoms. The number of aryl methyl sites for hydroxylation is 1. The number of rotatable bonds is 4. The van der Waals surface area contributed by atoms with Crippen molar-refractivity contribution in [3.8, 4) is 0 Å². The summed E-state index contributed by atoms with van der Waals surface area (Å²) in [4.78, 5) is 31.9. The first-order chi connectivity index (χ1) is 13.5. The van der Waals surface area contributed by atoms with Crippen molar-refractivity contribution in [1.82, 2.24) is 4.57 Å². The van der Waals surface area contributed by atoms with E-state index in [9.17, 15) is 9.59 Å². The largest absolute Gasteiger partial charge is 0.463 e. The van der Waals surface area contributed by atoms with Crippen LogP contribution in [0.25, 0.3) is 6.08 Å². The molecule has 1 atom stereocenters. The molecule has 4 rings (SSSR count). The van der Waals surface area contributed by atoms with Gasteiger partial charge in [0.15, 0.2) is 4.80 Å². The molecule has 1 aliphatic heterocycles. The first-order valence-corrected chi connectivity index (χ1v) is 10.5. The van der Waals surface area contributed by atoms with Crippen molar-refractivity contribution >= 4 is 34.7 Å². The standard InChI is InChI=1S/C20H18N2O4S2/c1-4-25-19(24)16-12(3)21-20-22(17(16)14-6-5-9-27-14)18(23)15(28-20)10-13-8-7-11(2)26-13/h5-10,17H,4H2,1-3H3/t17-/m1/s1. The number of thiophene rings is 1. The van der Waals surface area contributed by atoms with Crippen LogP contribution in [-0.2, 0) is 9.53 Å². The number of hydrogen-bond donors (Lipinski definition) is 0. The number of fused-ring (bicyclic) bond motifs is 1. The van der Waals surface area contributed by atoms with Crippen LogP contribution in [0.15, 0.2) is 55.1 Å². The number of esters is 1. The van der Waals surface area contributed by atoms with Gasteiger partial charge < -0.3 is 9.15 Å². The number of carbonyl (C=O) groups excluding carboxylic acids is 1. The van der Waals surface area contributed by atoms with E-state index in [1.165, 1.54) is 22.7 Å². The van der Waals surface area contributed by atoms with E-state index in [2.05, 4.69) is 4.99 Å². The maximum Gasteiger partial charge on any atom is 0.338 e. The van der Waals surface area contributed by atoms with Crippen LogP contribution in [0.4, 0.5) is 0 Å². The van der Waals surface area contributed by atoms with Crippen LogP contribution in [0, 0.1) is 6.92 Å². The van der Waals surface area contributed by atoms with Gasteiger partial charge in [0, 0.05) is 11.0 Å². The highest BCUT2D eigenvalue weighted by molar-refractivity contribution is 7.10. The lowest BCUT2D eigenvalue weighted by molar-refractivity contribution is -0.139. The number of carbonyl (C=O) groups is 1. The molecule has 0 spiro atoms. The molecule has 0 amide bonds. The summed E-state index contributed by atoms with van der Waals surface area (Å²) in [7, 11) is 0. The molecule has 1 aliphatic rings. The Morgan fingerprint density at radius 3 is 2.82 bits per heavy atom. The molecule has 0 fully saturated rings. The third-order valence-corrected chi connectivity index (χ3v) is 6.27. The van der Waals surface area contributed by atoms with Gasteiger partial charge in [-0.15, -0.1) is 11.3 Å². The number of allylic oxidation sites excluding steroid dienone is 1. The van der Waals surface area contributed by atoms with E-state index >= 15 is 0 Å². The molecule has 3 aromatic heterocycles. The minimum Gasteiger partial charge on any atom is -0.463 e. The fraction of sp³-hybridized carbons (Fsp3) is 0.250. The summed E-state index contributed by atoms with van der Waals surface area (Å²) in [6.45, 7) is 5.65. The third kappa shape index (κ3) is 3.18. The zero-order chi connectivity index (χ0) is 19.8. The van der Waals surface area contributed by atoms with E-state index < -0.39 is 12.0 Å². The van der Waals surface area contributed by atoms with E-state index in [0.29, 0.717) is 26.4 Å². The molecule has 28 heavy (non-hydrogen) atoms. The van der Waals surface area contributed by atoms with Crippen molar-refractivity contribution < 1.29 is 13.9 Å². The average Bonchev–Trinajstić information content (AvgIpc) is 3.37. The monoisotopic (exact) mass is 414 g/mol. The molecule has 3 aromatic rings. The molecule has 0 bridgehead atoms. The van der Waals surface area contributed by atoms with Crippen LogP contribution in [0.2, 0.25) is 0 Å². The minimum absolute atomic E-state index is 0.203. The number of thiazole rings is 1. The number of furan rings is 1. The van der Waals surface area contributed by atoms with E-state index in [-0.39, 0.29) is 12.2 Å². The molecule has 0 aliphatic carbocycles. The second-order valence-electron chi connectivity index (χ2n) is 6.27. The second kappa shape index (κ2) is 7.37. The first kappa shape index (κ1) is 18.6. The van der Waals surface area contributed by atoms with Crippen molar-refractivity contribution in [2.75, 3.05) is 6.61 Å². The molecular weight excluding hydrogens is 396 g/mol. The van der Waals surface area contributed by atoms with Gasteiger partial charge in [-0.1, -0.05) is 17.4 Å². The molecule has 6 nitrogen and oxygen atoms in total. The maximum atomic E-state index is 13.2. The maximum absolute atomic E-state index is 13.2. The van der Waals surface area contributed by atoms with Crippen LogP contribution < -0.4 is 14.9 Å². The fourth-order valence-corrected chi connectivity index (χ4v) is 5.02. The van der Waals surface area contributed by atoms with Crippen molar-refractivity contribution in [3.05, 3.63) is 77.0 Å². The number of aromatic nitrogens is 1. The normalized spacial score (nSPS) is 16.8. The smallest absolute Gasteiger partial charge is 0.338 e. The Kier molecular flexibility index (Phi) is 4.91. The lowest BCUT2D eigenvalue weighted by Crippen LogP contribution is -2.39. The highest BCUT2D eigenvalue weighted by atomic mass is 32.1. The van der Waals surface area contributed by atoms with E-state index in [1.807, 2.05) is 36.6 Å². The number of nitrogens with zero attached hydrogens (tertiary/aromatic N) is 2. The summed E-state index contributed by atoms with van der Waals surface area (Å²) in [5.41, 5.74) is 0.765. The zero-order valence-corrected chi connectivity index (χ0v) is 17.2. The predicted octanol–water partition coefficient (Wildman–Crippen LogP) is 2.76. The van der Waals surface area contributed by atoms with Crippen LogP contribution in [0.5, 0.6) is 0 Å². The van der Waals surface area contributed by atoms with Gasteiger partial charge in [0.25, 0.3) is 5.56 Å². The lowest BCUT2D eigenvalue weighted by atomic mass is 10.0. The van der Waals surface area contributed by atoms with Crippen LogP contribution in [-0.4, -0.2) is 17.1 Å². The summed E-state index contributed by atoms with van der Waals surface area (Å²) in [6, 6.07) is 6.94. The fourth-order valence-electron chi connectivity index (χ4n) is 3.17. The van der Waals surface area contributed by atoms with Gasteiger partial charge in [0.2, 0.25) is 0 Å². The lowest BCUT2D eigenvalue weighted by Gasteiger charge is -2.23. The minimum atomic E-state index is -0.546. The predicted molar refractivity (Wildman–Crippen MR) is 108 cm³/mol. The van der Waals surface area contributed by atoms with Gasteiger partial charge in [-0.2, -0.15) is 0 Å². The Labute approximate surface area is 168 Å². The van der Waals surface area contributed by atoms with Crippen molar-refractivity contribution in [1.29, 1.82) is 0 Å². The molecular formula is C20H18N2O4S2. The average molecular weight is 415 g/mol. The van der Waals surface area contributed by atoms with E-state index in [1.54, 1.807) is 24.5 Å². The molecule has 4 heterocycles. The molecule has 0 radical (unpaired) electrons. The Morgan fingerprint density at radius 2 is 2.18 bits per heavy atom. The molecule has 144 valence electrons. The van der Waals surface area contributed by atoms with E-state index in [4.69, 9.17) is 9.15 Å². The zero-order valence-electron chi connectivity index (χ0n) is 15.6. The Morgan fingerprint density at radius 1 is 1.36 bits per heavy atom. The summed E-state index contributed by atoms with van der Waals surface area (Å²) in [6.07, 6.45) is 1.71. The highest BCUT2D eigenvalue weighted by Crippen LogP contribution is 2.33. The van der Waals surface area contributed by atoms with Gasteiger partial charge >= 0.3 is 5.97 Å². The molecule has 0 unspecified atom stereocenters. The summed E-state index contributed by atoms with van der Waals surface area (Å²) >= 11 is 2.78. The van der Waals surface area contributed by atoms with Crippen molar-refractivity contribution in [2.24, 2.45) is 4.99 Å². The molecule has 0 N–H and O–H groups in total. The highest BCUT2D eigenvalue weighted by Gasteiger charge is 2.33. The Bertz CT molecular complexity index is 1240. The van der Waals surface area contributed by atoms with E-state index in [0.717, 1.165) is 10.6 Å². The number of ether oxygens (including phenoxy) is 1. The van der Waals surface area contributed by atoms with Gasteiger partial charge in [-0.05, 0) is 44.4 Å². The molecule has 0 saturated heterocycles. The third-order valence-electron chi connectivity index (χ3n) is 4.36. The molecule has 0 saturated carbocycles. The topological polar surface area (TPSA) is 73.8 Å². The number of hydrogen-bond acceptors (Lipinski definition) is 7. The van der Waals surface area contributed by atoms with Gasteiger partial charge in [0.05, 0.1) is 22.4 Å². The second-order valence-corrected chi connectivity index (χ2v) is 8.25. The van der Waals surface area contributed by atoms with Crippen LogP contribution in [0.1, 0.15) is 36.3 Å². The van der Waals surface area contributed by atoms with Gasteiger partial charge in [-0.3, -0.25) is 9.36 Å². The first-order valence-electron chi connectivity index (χ1n) is 8.79. The van der Waals surface area contributed by atoms with Crippen LogP contribution in [0.3, 0.4) is 0 Å². The summed E-state index contributed by atoms with van der Waals surface area (Å²) in [5.74, 6) is 0.936. The Hall–Kier alpha value is -2.71. The van der Waals surface area contributed by atoms with Crippen LogP contribution >= 0.6 is 22.7 Å². The Balaban J connectivity index is 1.95. The SMILES string of the molecule is CCOC(=O)C1=C(C)N=c2sc(=Cc3ccc(C)o3)c(=O)n2[C@@H]1c1cccs1. The van der Waals surface area contributed by atoms with Gasteiger partial charge in [-0.25, -0.2) is 9.79 Å². The van der Waals surface area contributed by atoms with Crippen molar-refractivity contribution in [3.63, 3.8) is 0 Å². The van der Waals surface area contributed by atoms with Gasteiger partial charge in [0.1, 0.15) is 17.6 Å². The molecule has 0 aromatic carbocycles. The quantitative estimate of drug-likeness (QED) is 0.616. The summed E-state index contributed by atoms with van der Waals surface area (Å²) in [5, 5.41) is 1.93. The van der Waals surface area contributed by atoms with Crippen molar-refractivity contribution in [2.45, 2.75) is 26.8 Å². The summed E-state index contributed by atoms with van der Waals surface area (Å²) < 4.78 is 12.9.